The van der Waals surface area contributed by atoms with Crippen molar-refractivity contribution in [2.75, 3.05) is 44.4 Å². The fourth-order valence-electron chi connectivity index (χ4n) is 2.18. The maximum Gasteiger partial charge on any atom is 0.131 e. The Kier molecular flexibility index (Phi) is 6.29. The molecule has 1 aromatic heterocycles. The van der Waals surface area contributed by atoms with Gasteiger partial charge in [0.1, 0.15) is 23.3 Å². The van der Waals surface area contributed by atoms with Crippen molar-refractivity contribution in [1.29, 1.82) is 0 Å². The second-order valence-electron chi connectivity index (χ2n) is 5.68. The molecule has 0 aliphatic carbocycles. The van der Waals surface area contributed by atoms with Crippen molar-refractivity contribution in [1.82, 2.24) is 14.9 Å². The minimum absolute atomic E-state index is 0.167. The van der Waals surface area contributed by atoms with Crippen LogP contribution in [0.1, 0.15) is 11.4 Å². The molecule has 2 aromatic rings. The highest BCUT2D eigenvalue weighted by Crippen LogP contribution is 2.12. The Morgan fingerprint density at radius 1 is 1.04 bits per heavy atom. The smallest absolute Gasteiger partial charge is 0.131 e. The third kappa shape index (κ3) is 5.83. The second kappa shape index (κ2) is 8.43. The van der Waals surface area contributed by atoms with Crippen LogP contribution in [0.5, 0.6) is 0 Å². The van der Waals surface area contributed by atoms with E-state index in [1.807, 2.05) is 33.2 Å². The van der Waals surface area contributed by atoms with Gasteiger partial charge in [0.05, 0.1) is 0 Å². The summed E-state index contributed by atoms with van der Waals surface area (Å²) >= 11 is 0. The molecule has 23 heavy (non-hydrogen) atoms. The summed E-state index contributed by atoms with van der Waals surface area (Å²) in [4.78, 5) is 10.8. The van der Waals surface area contributed by atoms with Crippen LogP contribution in [0.4, 0.5) is 16.0 Å². The van der Waals surface area contributed by atoms with Gasteiger partial charge in [0.25, 0.3) is 0 Å². The first-order chi connectivity index (χ1) is 11.0. The minimum Gasteiger partial charge on any atom is -0.370 e. The largest absolute Gasteiger partial charge is 0.370 e. The number of halogens is 1. The van der Waals surface area contributed by atoms with Gasteiger partial charge in [-0.1, -0.05) is 18.2 Å². The summed E-state index contributed by atoms with van der Waals surface area (Å²) in [7, 11) is 4.06. The van der Waals surface area contributed by atoms with Crippen molar-refractivity contribution in [3.8, 4) is 0 Å². The summed E-state index contributed by atoms with van der Waals surface area (Å²) in [5, 5.41) is 6.51. The number of hydrogen-bond acceptors (Lipinski definition) is 5. The maximum absolute atomic E-state index is 13.6. The summed E-state index contributed by atoms with van der Waals surface area (Å²) < 4.78 is 13.6. The van der Waals surface area contributed by atoms with Crippen molar-refractivity contribution >= 4 is 11.6 Å². The van der Waals surface area contributed by atoms with Crippen molar-refractivity contribution in [2.24, 2.45) is 0 Å². The van der Waals surface area contributed by atoms with Gasteiger partial charge >= 0.3 is 0 Å². The number of likely N-dealkylation sites (N-methyl/N-ethyl adjacent to an activating group) is 1. The Bertz CT molecular complexity index is 630. The van der Waals surface area contributed by atoms with Crippen LogP contribution < -0.4 is 10.6 Å². The van der Waals surface area contributed by atoms with E-state index in [1.165, 1.54) is 6.07 Å². The molecule has 2 rings (SSSR count). The van der Waals surface area contributed by atoms with E-state index in [9.17, 15) is 4.39 Å². The Morgan fingerprint density at radius 2 is 1.70 bits per heavy atom. The molecule has 2 N–H and O–H groups in total. The maximum atomic E-state index is 13.6. The number of anilines is 2. The number of aryl methyl sites for hydroxylation is 1. The lowest BCUT2D eigenvalue weighted by Crippen LogP contribution is -2.21. The van der Waals surface area contributed by atoms with E-state index >= 15 is 0 Å². The fraction of sp³-hybridized carbons (Fsp3) is 0.412. The predicted octanol–water partition coefficient (Wildman–Crippen LogP) is 2.55. The van der Waals surface area contributed by atoms with Crippen LogP contribution in [0.2, 0.25) is 0 Å². The molecule has 124 valence electrons. The highest BCUT2D eigenvalue weighted by atomic mass is 19.1. The predicted molar refractivity (Wildman–Crippen MR) is 92.4 cm³/mol. The number of rotatable bonds is 8. The van der Waals surface area contributed by atoms with Crippen LogP contribution in [-0.2, 0) is 6.42 Å². The standard InChI is InChI=1S/C17H24FN5/c1-13-21-16(12-17(22-13)20-10-11-23(2)3)19-9-8-14-6-4-5-7-15(14)18/h4-7,12H,8-11H2,1-3H3,(H2,19,20,21,22). The van der Waals surface area contributed by atoms with Gasteiger partial charge in [-0.25, -0.2) is 14.4 Å². The van der Waals surface area contributed by atoms with Crippen molar-refractivity contribution in [3.63, 3.8) is 0 Å². The van der Waals surface area contributed by atoms with Crippen LogP contribution in [-0.4, -0.2) is 48.6 Å². The van der Waals surface area contributed by atoms with E-state index in [0.717, 1.165) is 24.7 Å². The van der Waals surface area contributed by atoms with Crippen molar-refractivity contribution in [2.45, 2.75) is 13.3 Å². The monoisotopic (exact) mass is 317 g/mol. The van der Waals surface area contributed by atoms with Crippen LogP contribution in [0.15, 0.2) is 30.3 Å². The van der Waals surface area contributed by atoms with Crippen LogP contribution >= 0.6 is 0 Å². The molecule has 0 fully saturated rings. The molecule has 0 aliphatic heterocycles. The van der Waals surface area contributed by atoms with Gasteiger partial charge in [0.2, 0.25) is 0 Å². The lowest BCUT2D eigenvalue weighted by Gasteiger charge is -2.12. The van der Waals surface area contributed by atoms with E-state index < -0.39 is 0 Å². The number of hydrogen-bond donors (Lipinski definition) is 2. The van der Waals surface area contributed by atoms with Gasteiger partial charge in [0, 0.05) is 25.7 Å². The molecular formula is C17H24FN5. The molecule has 0 unspecified atom stereocenters. The highest BCUT2D eigenvalue weighted by molar-refractivity contribution is 5.47. The zero-order chi connectivity index (χ0) is 16.7. The third-order valence-corrected chi connectivity index (χ3v) is 3.36. The summed E-state index contributed by atoms with van der Waals surface area (Å²) in [6.45, 7) is 4.23. The molecule has 5 nitrogen and oxygen atoms in total. The molecule has 6 heteroatoms. The van der Waals surface area contributed by atoms with Crippen LogP contribution in [0, 0.1) is 12.7 Å². The Hall–Kier alpha value is -2.21. The Morgan fingerprint density at radius 3 is 2.35 bits per heavy atom. The number of benzene rings is 1. The second-order valence-corrected chi connectivity index (χ2v) is 5.68. The molecule has 1 aromatic carbocycles. The highest BCUT2D eigenvalue weighted by Gasteiger charge is 2.03. The summed E-state index contributed by atoms with van der Waals surface area (Å²) in [5.41, 5.74) is 0.704. The number of nitrogens with zero attached hydrogens (tertiary/aromatic N) is 3. The normalized spacial score (nSPS) is 10.8. The first-order valence-electron chi connectivity index (χ1n) is 7.76. The zero-order valence-electron chi connectivity index (χ0n) is 13.9. The summed E-state index contributed by atoms with van der Waals surface area (Å²) in [6, 6.07) is 8.71. The van der Waals surface area contributed by atoms with Crippen LogP contribution in [0.3, 0.4) is 0 Å². The van der Waals surface area contributed by atoms with E-state index in [-0.39, 0.29) is 5.82 Å². The van der Waals surface area contributed by atoms with Crippen molar-refractivity contribution in [3.05, 3.63) is 47.5 Å². The minimum atomic E-state index is -0.167. The molecule has 0 amide bonds. The average Bonchev–Trinajstić information content (AvgIpc) is 2.48. The lowest BCUT2D eigenvalue weighted by atomic mass is 10.1. The molecule has 0 radical (unpaired) electrons. The zero-order valence-corrected chi connectivity index (χ0v) is 13.9. The van der Waals surface area contributed by atoms with Gasteiger partial charge in [0.15, 0.2) is 0 Å². The van der Waals surface area contributed by atoms with E-state index in [4.69, 9.17) is 0 Å². The van der Waals surface area contributed by atoms with E-state index in [2.05, 4.69) is 25.5 Å². The van der Waals surface area contributed by atoms with E-state index in [1.54, 1.807) is 12.1 Å². The third-order valence-electron chi connectivity index (χ3n) is 3.36. The first-order valence-corrected chi connectivity index (χ1v) is 7.76. The number of aromatic nitrogens is 2. The first kappa shape index (κ1) is 17.1. The molecule has 0 atom stereocenters. The topological polar surface area (TPSA) is 53.1 Å². The number of nitrogens with one attached hydrogen (secondary N) is 2. The average molecular weight is 317 g/mol. The molecule has 0 saturated carbocycles. The van der Waals surface area contributed by atoms with Gasteiger partial charge in [-0.2, -0.15) is 0 Å². The van der Waals surface area contributed by atoms with Gasteiger partial charge in [-0.05, 0) is 39.1 Å². The van der Waals surface area contributed by atoms with Crippen molar-refractivity contribution < 1.29 is 4.39 Å². The van der Waals surface area contributed by atoms with Gasteiger partial charge in [-0.15, -0.1) is 0 Å². The summed E-state index contributed by atoms with van der Waals surface area (Å²) in [6.07, 6.45) is 0.610. The lowest BCUT2D eigenvalue weighted by molar-refractivity contribution is 0.425. The SMILES string of the molecule is Cc1nc(NCCc2ccccc2F)cc(NCCN(C)C)n1. The fourth-order valence-corrected chi connectivity index (χ4v) is 2.18. The van der Waals surface area contributed by atoms with Gasteiger partial charge < -0.3 is 15.5 Å². The van der Waals surface area contributed by atoms with E-state index in [0.29, 0.717) is 24.4 Å². The Labute approximate surface area is 137 Å². The summed E-state index contributed by atoms with van der Waals surface area (Å²) in [5.74, 6) is 2.08. The molecule has 0 saturated heterocycles. The van der Waals surface area contributed by atoms with Gasteiger partial charge in [-0.3, -0.25) is 0 Å². The molecule has 0 aliphatic rings. The molecular weight excluding hydrogens is 293 g/mol. The molecule has 0 bridgehead atoms. The van der Waals surface area contributed by atoms with Crippen LogP contribution in [0.25, 0.3) is 0 Å². The molecule has 0 spiro atoms. The Balaban J connectivity index is 1.89. The quantitative estimate of drug-likeness (QED) is 0.784. The molecule has 1 heterocycles.